The number of anilines is 3. The average molecular weight is 522 g/mol. The normalized spacial score (nSPS) is 14.9. The van der Waals surface area contributed by atoms with Gasteiger partial charge in [-0.25, -0.2) is 13.4 Å². The van der Waals surface area contributed by atoms with Crippen LogP contribution < -0.4 is 9.62 Å². The van der Waals surface area contributed by atoms with Gasteiger partial charge in [-0.15, -0.1) is 0 Å². The molecule has 4 rings (SSSR count). The first kappa shape index (κ1) is 25.9. The minimum absolute atomic E-state index is 0.0190. The van der Waals surface area contributed by atoms with Crippen LogP contribution >= 0.6 is 0 Å². The molecule has 11 heteroatoms. The maximum Gasteiger partial charge on any atom is 0.433 e. The van der Waals surface area contributed by atoms with Crippen LogP contribution in [0.25, 0.3) is 0 Å². The fraction of sp³-hybridized carbons (Fsp3) is 0.320. The van der Waals surface area contributed by atoms with Crippen molar-refractivity contribution in [3.8, 4) is 0 Å². The van der Waals surface area contributed by atoms with E-state index in [1.165, 1.54) is 36.4 Å². The Labute approximate surface area is 207 Å². The van der Waals surface area contributed by atoms with E-state index in [9.17, 15) is 31.8 Å². The Hall–Kier alpha value is -3.15. The quantitative estimate of drug-likeness (QED) is 0.453. The van der Waals surface area contributed by atoms with Crippen LogP contribution in [0.3, 0.4) is 0 Å². The van der Waals surface area contributed by atoms with E-state index in [2.05, 4.69) is 10.3 Å². The molecule has 2 heterocycles. The zero-order valence-electron chi connectivity index (χ0n) is 19.8. The summed E-state index contributed by atoms with van der Waals surface area (Å²) in [5.41, 5.74) is 0.0346. The van der Waals surface area contributed by atoms with Crippen molar-refractivity contribution in [2.24, 2.45) is 0 Å². The average Bonchev–Trinajstić information content (AvgIpc) is 2.99. The zero-order chi connectivity index (χ0) is 26.5. The molecule has 192 valence electrons. The summed E-state index contributed by atoms with van der Waals surface area (Å²) in [6.45, 7) is 4.95. The number of hydrogen-bond acceptors (Lipinski definition) is 6. The highest BCUT2D eigenvalue weighted by Crippen LogP contribution is 2.43. The third kappa shape index (κ3) is 4.78. The molecule has 0 amide bonds. The Morgan fingerprint density at radius 2 is 1.72 bits per heavy atom. The van der Waals surface area contributed by atoms with Crippen LogP contribution in [0.15, 0.2) is 59.5 Å². The van der Waals surface area contributed by atoms with E-state index in [0.29, 0.717) is 0 Å². The van der Waals surface area contributed by atoms with Crippen molar-refractivity contribution in [1.29, 1.82) is 0 Å². The molecule has 1 unspecified atom stereocenters. The maximum atomic E-state index is 13.9. The van der Waals surface area contributed by atoms with Gasteiger partial charge >= 0.3 is 6.18 Å². The number of rotatable bonds is 4. The van der Waals surface area contributed by atoms with Gasteiger partial charge in [0.15, 0.2) is 0 Å². The number of aliphatic hydroxyl groups excluding tert-OH is 2. The second-order valence-electron chi connectivity index (χ2n) is 9.55. The first-order chi connectivity index (χ1) is 16.7. The number of nitrogens with zero attached hydrogens (tertiary/aromatic N) is 2. The van der Waals surface area contributed by atoms with Crippen molar-refractivity contribution in [2.45, 2.75) is 49.9 Å². The van der Waals surface area contributed by atoms with Crippen LogP contribution in [0.4, 0.5) is 30.4 Å². The van der Waals surface area contributed by atoms with Crippen molar-refractivity contribution in [1.82, 2.24) is 4.98 Å². The lowest BCUT2D eigenvalue weighted by Gasteiger charge is -2.28. The molecule has 0 spiro atoms. The fourth-order valence-corrected chi connectivity index (χ4v) is 5.50. The summed E-state index contributed by atoms with van der Waals surface area (Å²) >= 11 is 0. The number of hydrogen-bond donors (Lipinski definition) is 3. The van der Waals surface area contributed by atoms with Crippen molar-refractivity contribution in [3.63, 3.8) is 0 Å². The molecular weight excluding hydrogens is 495 g/mol. The van der Waals surface area contributed by atoms with Crippen molar-refractivity contribution in [3.05, 3.63) is 77.0 Å². The van der Waals surface area contributed by atoms with E-state index >= 15 is 0 Å². The topological polar surface area (TPSA) is 103 Å². The molecule has 0 bridgehead atoms. The molecule has 3 aromatic rings. The lowest BCUT2D eigenvalue weighted by atomic mass is 9.87. The molecule has 2 aromatic carbocycles. The third-order valence-corrected chi connectivity index (χ3v) is 7.75. The summed E-state index contributed by atoms with van der Waals surface area (Å²) < 4.78 is 68.8. The van der Waals surface area contributed by atoms with Crippen LogP contribution in [0.5, 0.6) is 0 Å². The van der Waals surface area contributed by atoms with Gasteiger partial charge in [-0.1, -0.05) is 51.1 Å². The molecule has 1 aliphatic rings. The van der Waals surface area contributed by atoms with Gasteiger partial charge in [0, 0.05) is 11.1 Å². The van der Waals surface area contributed by atoms with Gasteiger partial charge in [0.05, 0.1) is 29.4 Å². The van der Waals surface area contributed by atoms with E-state index in [-0.39, 0.29) is 45.2 Å². The third-order valence-electron chi connectivity index (χ3n) is 5.99. The maximum absolute atomic E-state index is 13.9. The van der Waals surface area contributed by atoms with Crippen LogP contribution in [-0.2, 0) is 28.2 Å². The lowest BCUT2D eigenvalue weighted by molar-refractivity contribution is -0.141. The van der Waals surface area contributed by atoms with Crippen LogP contribution in [-0.4, -0.2) is 30.2 Å². The van der Waals surface area contributed by atoms with Crippen molar-refractivity contribution < 1.29 is 31.8 Å². The summed E-state index contributed by atoms with van der Waals surface area (Å²) in [5.74, 6) is -0.150. The highest BCUT2D eigenvalue weighted by Gasteiger charge is 2.37. The largest absolute Gasteiger partial charge is 0.433 e. The van der Waals surface area contributed by atoms with Gasteiger partial charge in [-0.3, -0.25) is 4.31 Å². The summed E-state index contributed by atoms with van der Waals surface area (Å²) in [7, 11) is -4.26. The summed E-state index contributed by atoms with van der Waals surface area (Å²) in [4.78, 5) is 3.67. The predicted octanol–water partition coefficient (Wildman–Crippen LogP) is 4.88. The van der Waals surface area contributed by atoms with Crippen molar-refractivity contribution in [2.75, 3.05) is 16.2 Å². The van der Waals surface area contributed by atoms with E-state index in [1.807, 2.05) is 20.8 Å². The smallest absolute Gasteiger partial charge is 0.393 e. The monoisotopic (exact) mass is 521 g/mol. The number of sulfonamides is 1. The Balaban J connectivity index is 1.92. The molecule has 0 aliphatic carbocycles. The Bertz CT molecular complexity index is 1390. The molecule has 0 radical (unpaired) electrons. The number of aromatic nitrogens is 1. The van der Waals surface area contributed by atoms with Crippen LogP contribution in [0.2, 0.25) is 0 Å². The number of alkyl halides is 3. The molecule has 0 saturated carbocycles. The summed E-state index contributed by atoms with van der Waals surface area (Å²) in [6, 6.07) is 12.8. The number of nitrogens with one attached hydrogen (secondary N) is 1. The minimum Gasteiger partial charge on any atom is -0.393 e. The highest BCUT2D eigenvalue weighted by molar-refractivity contribution is 7.92. The molecule has 0 fully saturated rings. The molecule has 1 atom stereocenters. The first-order valence-electron chi connectivity index (χ1n) is 11.1. The van der Waals surface area contributed by atoms with Gasteiger partial charge in [-0.05, 0) is 35.2 Å². The number of fused-ring (bicyclic) bond motifs is 2. The van der Waals surface area contributed by atoms with Gasteiger partial charge in [0.25, 0.3) is 10.0 Å². The molecular formula is C25H26F3N3O4S. The number of halogens is 3. The number of benzene rings is 2. The van der Waals surface area contributed by atoms with Gasteiger partial charge in [0.1, 0.15) is 17.6 Å². The molecule has 3 N–H and O–H groups in total. The van der Waals surface area contributed by atoms with Crippen LogP contribution in [0, 0.1) is 0 Å². The molecule has 0 saturated heterocycles. The van der Waals surface area contributed by atoms with Gasteiger partial charge in [0.2, 0.25) is 0 Å². The molecule has 1 aliphatic heterocycles. The predicted molar refractivity (Wildman–Crippen MR) is 130 cm³/mol. The summed E-state index contributed by atoms with van der Waals surface area (Å²) in [6.07, 6.45) is -6.12. The van der Waals surface area contributed by atoms with Crippen molar-refractivity contribution >= 4 is 27.2 Å². The summed E-state index contributed by atoms with van der Waals surface area (Å²) in [5, 5.41) is 22.9. The Kier molecular flexibility index (Phi) is 6.52. The standard InChI is InChI=1S/C25H26F3N3O4S/c1-24(2,3)16-8-10-17(11-9-16)36(34,35)31-13-15-7-12-21(25(26,27)28)30-23(15)29-19-6-4-5-18(22(19)31)20(33)14-32/h4-12,20,32-33H,13-14H2,1-3H3,(H,29,30). The lowest BCUT2D eigenvalue weighted by Crippen LogP contribution is -2.31. The number of pyridine rings is 1. The Morgan fingerprint density at radius 1 is 1.06 bits per heavy atom. The molecule has 1 aromatic heterocycles. The highest BCUT2D eigenvalue weighted by atomic mass is 32.2. The van der Waals surface area contributed by atoms with E-state index in [4.69, 9.17) is 0 Å². The number of para-hydroxylation sites is 1. The molecule has 36 heavy (non-hydrogen) atoms. The second kappa shape index (κ2) is 9.06. The van der Waals surface area contributed by atoms with E-state index in [0.717, 1.165) is 15.9 Å². The van der Waals surface area contributed by atoms with Gasteiger partial charge < -0.3 is 15.5 Å². The van der Waals surface area contributed by atoms with E-state index < -0.39 is 34.6 Å². The number of aliphatic hydroxyl groups is 2. The first-order valence-corrected chi connectivity index (χ1v) is 12.6. The SMILES string of the molecule is CC(C)(C)c1ccc(S(=O)(=O)N2Cc3ccc(C(F)(F)F)nc3Nc3cccc(C(O)CO)c32)cc1. The molecule has 7 nitrogen and oxygen atoms in total. The minimum atomic E-state index is -4.69. The Morgan fingerprint density at radius 3 is 2.31 bits per heavy atom. The second-order valence-corrected chi connectivity index (χ2v) is 11.4. The fourth-order valence-electron chi connectivity index (χ4n) is 4.01. The van der Waals surface area contributed by atoms with Crippen LogP contribution in [0.1, 0.15) is 49.3 Å². The van der Waals surface area contributed by atoms with E-state index in [1.54, 1.807) is 12.1 Å². The van der Waals surface area contributed by atoms with Gasteiger partial charge in [-0.2, -0.15) is 13.2 Å². The zero-order valence-corrected chi connectivity index (χ0v) is 20.7.